The second-order valence-corrected chi connectivity index (χ2v) is 5.75. The van der Waals surface area contributed by atoms with E-state index in [9.17, 15) is 9.18 Å². The van der Waals surface area contributed by atoms with E-state index in [4.69, 9.17) is 0 Å². The Hall–Kier alpha value is -1.65. The summed E-state index contributed by atoms with van der Waals surface area (Å²) in [4.78, 5) is 16.1. The zero-order valence-corrected chi connectivity index (χ0v) is 12.8. The lowest BCUT2D eigenvalue weighted by Crippen LogP contribution is -2.38. The number of rotatable bonds is 5. The molecule has 2 N–H and O–H groups in total. The van der Waals surface area contributed by atoms with Gasteiger partial charge in [-0.2, -0.15) is 0 Å². The molecule has 1 aromatic rings. The second-order valence-electron chi connectivity index (χ2n) is 5.75. The molecule has 1 heterocycles. The number of hydrogen-bond acceptors (Lipinski definition) is 3. The highest BCUT2D eigenvalue weighted by Gasteiger charge is 2.23. The molecular formula is C16H24FN3O. The fourth-order valence-corrected chi connectivity index (χ4v) is 3.06. The minimum Gasteiger partial charge on any atom is -0.371 e. The molecular weight excluding hydrogens is 269 g/mol. The van der Waals surface area contributed by atoms with E-state index in [-0.39, 0.29) is 23.3 Å². The highest BCUT2D eigenvalue weighted by Crippen LogP contribution is 2.28. The Labute approximate surface area is 125 Å². The maximum absolute atomic E-state index is 14.1. The van der Waals surface area contributed by atoms with Crippen LogP contribution in [0.3, 0.4) is 0 Å². The van der Waals surface area contributed by atoms with Crippen molar-refractivity contribution in [2.24, 2.45) is 5.92 Å². The lowest BCUT2D eigenvalue weighted by Gasteiger charge is -2.29. The molecule has 1 aromatic heterocycles. The van der Waals surface area contributed by atoms with E-state index in [0.717, 1.165) is 31.6 Å². The molecule has 2 rings (SSSR count). The van der Waals surface area contributed by atoms with Gasteiger partial charge in [-0.25, -0.2) is 9.37 Å². The third-order valence-electron chi connectivity index (χ3n) is 4.25. The zero-order chi connectivity index (χ0) is 15.2. The quantitative estimate of drug-likeness (QED) is 0.875. The van der Waals surface area contributed by atoms with E-state index in [1.165, 1.54) is 25.1 Å². The van der Waals surface area contributed by atoms with Crippen LogP contribution in [0.1, 0.15) is 55.8 Å². The summed E-state index contributed by atoms with van der Waals surface area (Å²) in [7, 11) is 1.59. The summed E-state index contributed by atoms with van der Waals surface area (Å²) in [6.07, 6.45) is 8.21. The summed E-state index contributed by atoms with van der Waals surface area (Å²) in [6.45, 7) is 2.21. The summed E-state index contributed by atoms with van der Waals surface area (Å²) < 4.78 is 14.1. The SMILES string of the molecule is CCCC1CCC(NC(=O)c2ccnc(NC)c2F)CC1. The van der Waals surface area contributed by atoms with Crippen molar-refractivity contribution in [3.63, 3.8) is 0 Å². The maximum Gasteiger partial charge on any atom is 0.254 e. The number of amides is 1. The molecule has 0 saturated heterocycles. The van der Waals surface area contributed by atoms with Crippen LogP contribution in [0.15, 0.2) is 12.3 Å². The number of pyridine rings is 1. The average molecular weight is 293 g/mol. The Balaban J connectivity index is 1.94. The summed E-state index contributed by atoms with van der Waals surface area (Å²) in [5.74, 6) is -0.0338. The number of aromatic nitrogens is 1. The van der Waals surface area contributed by atoms with E-state index < -0.39 is 5.82 Å². The van der Waals surface area contributed by atoms with Gasteiger partial charge in [-0.05, 0) is 37.7 Å². The summed E-state index contributed by atoms with van der Waals surface area (Å²) >= 11 is 0. The lowest BCUT2D eigenvalue weighted by molar-refractivity contribution is 0.0917. The smallest absolute Gasteiger partial charge is 0.254 e. The number of halogens is 1. The first-order chi connectivity index (χ1) is 10.2. The molecule has 0 bridgehead atoms. The van der Waals surface area contributed by atoms with Crippen LogP contribution >= 0.6 is 0 Å². The summed E-state index contributed by atoms with van der Waals surface area (Å²) in [5.41, 5.74) is 0.0602. The fourth-order valence-electron chi connectivity index (χ4n) is 3.06. The number of nitrogens with zero attached hydrogens (tertiary/aromatic N) is 1. The molecule has 0 aliphatic heterocycles. The molecule has 21 heavy (non-hydrogen) atoms. The maximum atomic E-state index is 14.1. The van der Waals surface area contributed by atoms with Gasteiger partial charge in [-0.1, -0.05) is 19.8 Å². The second kappa shape index (κ2) is 7.38. The first kappa shape index (κ1) is 15.7. The molecule has 0 spiro atoms. The van der Waals surface area contributed by atoms with Gasteiger partial charge in [0.05, 0.1) is 5.56 Å². The van der Waals surface area contributed by atoms with Crippen LogP contribution in [0, 0.1) is 11.7 Å². The van der Waals surface area contributed by atoms with Crippen molar-refractivity contribution < 1.29 is 9.18 Å². The highest BCUT2D eigenvalue weighted by atomic mass is 19.1. The standard InChI is InChI=1S/C16H24FN3O/c1-3-4-11-5-7-12(8-6-11)20-16(21)13-9-10-19-15(18-2)14(13)17/h9-12H,3-8H2,1-2H3,(H,18,19)(H,20,21). The van der Waals surface area contributed by atoms with Crippen molar-refractivity contribution in [2.45, 2.75) is 51.5 Å². The Bertz CT molecular complexity index is 484. The normalized spacial score (nSPS) is 21.9. The number of hydrogen-bond donors (Lipinski definition) is 2. The first-order valence-corrected chi connectivity index (χ1v) is 7.78. The predicted octanol–water partition coefficient (Wildman–Crippen LogP) is 3.35. The lowest BCUT2D eigenvalue weighted by atomic mass is 9.83. The van der Waals surface area contributed by atoms with Crippen LogP contribution in [-0.2, 0) is 0 Å². The number of carbonyl (C=O) groups is 1. The molecule has 1 fully saturated rings. The Morgan fingerprint density at radius 1 is 1.38 bits per heavy atom. The van der Waals surface area contributed by atoms with Crippen LogP contribution in [0.2, 0.25) is 0 Å². The summed E-state index contributed by atoms with van der Waals surface area (Å²) in [6, 6.07) is 1.59. The number of anilines is 1. The molecule has 1 aliphatic carbocycles. The van der Waals surface area contributed by atoms with Crippen molar-refractivity contribution in [3.05, 3.63) is 23.6 Å². The van der Waals surface area contributed by atoms with Crippen LogP contribution in [-0.4, -0.2) is 24.0 Å². The van der Waals surface area contributed by atoms with Gasteiger partial charge in [0.25, 0.3) is 5.91 Å². The third kappa shape index (κ3) is 3.93. The van der Waals surface area contributed by atoms with Gasteiger partial charge in [0.2, 0.25) is 0 Å². The van der Waals surface area contributed by atoms with E-state index in [2.05, 4.69) is 22.5 Å². The molecule has 5 heteroatoms. The Kier molecular flexibility index (Phi) is 5.53. The van der Waals surface area contributed by atoms with E-state index in [0.29, 0.717) is 0 Å². The molecule has 0 aromatic carbocycles. The monoisotopic (exact) mass is 293 g/mol. The van der Waals surface area contributed by atoms with Crippen molar-refractivity contribution in [3.8, 4) is 0 Å². The van der Waals surface area contributed by atoms with Gasteiger partial charge in [-0.3, -0.25) is 4.79 Å². The topological polar surface area (TPSA) is 54.0 Å². The average Bonchev–Trinajstić information content (AvgIpc) is 2.49. The van der Waals surface area contributed by atoms with Gasteiger partial charge in [0.15, 0.2) is 11.6 Å². The van der Waals surface area contributed by atoms with Crippen molar-refractivity contribution >= 4 is 11.7 Å². The van der Waals surface area contributed by atoms with Crippen LogP contribution in [0.25, 0.3) is 0 Å². The summed E-state index contributed by atoms with van der Waals surface area (Å²) in [5, 5.41) is 5.60. The molecule has 0 atom stereocenters. The molecule has 1 aliphatic rings. The number of carbonyl (C=O) groups excluding carboxylic acids is 1. The number of nitrogens with one attached hydrogen (secondary N) is 2. The van der Waals surface area contributed by atoms with Gasteiger partial charge in [0.1, 0.15) is 0 Å². The largest absolute Gasteiger partial charge is 0.371 e. The molecule has 1 amide bonds. The predicted molar refractivity (Wildman–Crippen MR) is 81.9 cm³/mol. The fraction of sp³-hybridized carbons (Fsp3) is 0.625. The van der Waals surface area contributed by atoms with E-state index in [1.54, 1.807) is 7.05 Å². The van der Waals surface area contributed by atoms with E-state index in [1.807, 2.05) is 0 Å². The molecule has 0 unspecified atom stereocenters. The molecule has 116 valence electrons. The van der Waals surface area contributed by atoms with Gasteiger partial charge in [-0.15, -0.1) is 0 Å². The first-order valence-electron chi connectivity index (χ1n) is 7.78. The highest BCUT2D eigenvalue weighted by molar-refractivity contribution is 5.95. The minimum absolute atomic E-state index is 0.0602. The van der Waals surface area contributed by atoms with Crippen LogP contribution in [0.5, 0.6) is 0 Å². The van der Waals surface area contributed by atoms with Gasteiger partial charge < -0.3 is 10.6 Å². The molecule has 0 radical (unpaired) electrons. The molecule has 4 nitrogen and oxygen atoms in total. The Morgan fingerprint density at radius 2 is 2.10 bits per heavy atom. The minimum atomic E-state index is -0.586. The van der Waals surface area contributed by atoms with Crippen LogP contribution in [0.4, 0.5) is 10.2 Å². The van der Waals surface area contributed by atoms with Crippen LogP contribution < -0.4 is 10.6 Å². The molecule has 1 saturated carbocycles. The van der Waals surface area contributed by atoms with Crippen molar-refractivity contribution in [1.29, 1.82) is 0 Å². The Morgan fingerprint density at radius 3 is 2.71 bits per heavy atom. The van der Waals surface area contributed by atoms with E-state index >= 15 is 0 Å². The van der Waals surface area contributed by atoms with Gasteiger partial charge >= 0.3 is 0 Å². The third-order valence-corrected chi connectivity index (χ3v) is 4.25. The zero-order valence-electron chi connectivity index (χ0n) is 12.8. The van der Waals surface area contributed by atoms with Crippen molar-refractivity contribution in [1.82, 2.24) is 10.3 Å². The van der Waals surface area contributed by atoms with Crippen molar-refractivity contribution in [2.75, 3.05) is 12.4 Å². The van der Waals surface area contributed by atoms with Gasteiger partial charge in [0, 0.05) is 19.3 Å².